The van der Waals surface area contributed by atoms with Gasteiger partial charge in [-0.05, 0) is 56.2 Å². The summed E-state index contributed by atoms with van der Waals surface area (Å²) in [7, 11) is 1.58. The molecule has 1 aliphatic rings. The van der Waals surface area contributed by atoms with E-state index in [0.717, 1.165) is 53.4 Å². The second-order valence-corrected chi connectivity index (χ2v) is 9.61. The van der Waals surface area contributed by atoms with E-state index < -0.39 is 11.9 Å². The number of aromatic nitrogens is 5. The third-order valence-electron chi connectivity index (χ3n) is 6.89. The van der Waals surface area contributed by atoms with Gasteiger partial charge in [-0.1, -0.05) is 13.8 Å². The average molecular weight is 495 g/mol. The minimum atomic E-state index is -4.47. The van der Waals surface area contributed by atoms with Crippen LogP contribution in [0, 0.1) is 6.92 Å². The zero-order valence-electron chi connectivity index (χ0n) is 21.0. The fourth-order valence-corrected chi connectivity index (χ4v) is 5.14. The van der Waals surface area contributed by atoms with Crippen LogP contribution in [0.25, 0.3) is 22.6 Å². The first kappa shape index (κ1) is 24.1. The highest BCUT2D eigenvalue weighted by atomic mass is 19.4. The van der Waals surface area contributed by atoms with E-state index in [-0.39, 0.29) is 17.8 Å². The maximum absolute atomic E-state index is 13.1. The molecule has 0 radical (unpaired) electrons. The molecule has 0 fully saturated rings. The molecule has 0 unspecified atom stereocenters. The molecule has 188 valence electrons. The number of alkyl halides is 3. The Hall–Kier alpha value is -3.62. The van der Waals surface area contributed by atoms with E-state index in [1.807, 2.05) is 43.5 Å². The van der Waals surface area contributed by atoms with Crippen LogP contribution in [-0.4, -0.2) is 30.6 Å². The first-order valence-corrected chi connectivity index (χ1v) is 12.1. The molecule has 0 N–H and O–H groups in total. The van der Waals surface area contributed by atoms with Gasteiger partial charge >= 0.3 is 6.18 Å². The third-order valence-corrected chi connectivity index (χ3v) is 6.89. The molecule has 0 saturated carbocycles. The average Bonchev–Trinajstić information content (AvgIpc) is 3.40. The topological polar surface area (TPSA) is 51.8 Å². The number of hydrogen-bond acceptors (Lipinski definition) is 4. The molecule has 0 amide bonds. The molecule has 1 aromatic carbocycles. The quantitative estimate of drug-likeness (QED) is 0.331. The smallest absolute Gasteiger partial charge is 0.361 e. The number of nitrogens with zero attached hydrogens (tertiary/aromatic N) is 6. The normalized spacial score (nSPS) is 16.0. The summed E-state index contributed by atoms with van der Waals surface area (Å²) in [6, 6.07) is 11.7. The van der Waals surface area contributed by atoms with E-state index in [1.54, 1.807) is 7.05 Å². The maximum atomic E-state index is 13.1. The number of halogens is 3. The maximum Gasteiger partial charge on any atom is 0.434 e. The Morgan fingerprint density at radius 3 is 2.39 bits per heavy atom. The second kappa shape index (κ2) is 8.80. The van der Waals surface area contributed by atoms with Crippen molar-refractivity contribution in [1.82, 2.24) is 24.1 Å². The van der Waals surface area contributed by atoms with Crippen LogP contribution < -0.4 is 4.90 Å². The van der Waals surface area contributed by atoms with Crippen LogP contribution in [0.15, 0.2) is 48.8 Å². The number of imidazole rings is 2. The predicted octanol–water partition coefficient (Wildman–Crippen LogP) is 6.38. The van der Waals surface area contributed by atoms with Gasteiger partial charge in [0.25, 0.3) is 0 Å². The van der Waals surface area contributed by atoms with Crippen LogP contribution in [0.1, 0.15) is 55.6 Å². The van der Waals surface area contributed by atoms with E-state index in [9.17, 15) is 13.2 Å². The van der Waals surface area contributed by atoms with Crippen LogP contribution in [0.2, 0.25) is 0 Å². The monoisotopic (exact) mass is 494 g/mol. The molecule has 0 spiro atoms. The van der Waals surface area contributed by atoms with Crippen LogP contribution in [0.5, 0.6) is 0 Å². The van der Waals surface area contributed by atoms with Crippen molar-refractivity contribution in [3.05, 3.63) is 71.7 Å². The Morgan fingerprint density at radius 2 is 1.75 bits per heavy atom. The van der Waals surface area contributed by atoms with Gasteiger partial charge in [-0.3, -0.25) is 4.98 Å². The van der Waals surface area contributed by atoms with Crippen LogP contribution in [0.4, 0.5) is 18.9 Å². The lowest BCUT2D eigenvalue weighted by atomic mass is 9.97. The molecule has 4 heterocycles. The Balaban J connectivity index is 1.49. The molecule has 0 aliphatic carbocycles. The molecule has 36 heavy (non-hydrogen) atoms. The number of pyridine rings is 1. The van der Waals surface area contributed by atoms with Gasteiger partial charge in [-0.2, -0.15) is 13.2 Å². The van der Waals surface area contributed by atoms with Crippen molar-refractivity contribution >= 4 is 5.69 Å². The summed E-state index contributed by atoms with van der Waals surface area (Å²) in [5.41, 5.74) is 4.95. The third kappa shape index (κ3) is 4.06. The molecule has 0 saturated heterocycles. The van der Waals surface area contributed by atoms with Gasteiger partial charge in [0.05, 0.1) is 23.1 Å². The number of anilines is 1. The zero-order chi connectivity index (χ0) is 25.8. The highest BCUT2D eigenvalue weighted by Crippen LogP contribution is 2.39. The minimum Gasteiger partial charge on any atom is -0.361 e. The van der Waals surface area contributed by atoms with Crippen molar-refractivity contribution in [1.29, 1.82) is 0 Å². The molecule has 1 aliphatic heterocycles. The molecule has 4 aromatic rings. The summed E-state index contributed by atoms with van der Waals surface area (Å²) in [5, 5.41) is 0. The minimum absolute atomic E-state index is 0.0472. The van der Waals surface area contributed by atoms with E-state index in [1.165, 1.54) is 4.57 Å². The molecule has 5 rings (SSSR count). The van der Waals surface area contributed by atoms with Crippen LogP contribution >= 0.6 is 0 Å². The van der Waals surface area contributed by atoms with Crippen molar-refractivity contribution in [2.75, 3.05) is 11.4 Å². The molecule has 0 bridgehead atoms. The fourth-order valence-electron chi connectivity index (χ4n) is 5.14. The van der Waals surface area contributed by atoms with Gasteiger partial charge in [0.15, 0.2) is 5.69 Å². The summed E-state index contributed by atoms with van der Waals surface area (Å²) in [6.07, 6.45) is -1.63. The Bertz CT molecular complexity index is 1400. The number of rotatable bonds is 4. The molecule has 3 aromatic heterocycles. The fraction of sp³-hybridized carbons (Fsp3) is 0.370. The number of hydrogen-bond donors (Lipinski definition) is 0. The standard InChI is InChI=1S/C27H29F3N6/c1-16(2)23-21(7-6-12-31-23)24-25-17(3)35(13-14-36(25)18(4)32-24)20-10-8-19(9-11-20)26-33-22(15-34(26)5)27(28,29)30/h6-12,15-17H,13-14H2,1-5H3/t17-/m0/s1. The number of fused-ring (bicyclic) bond motifs is 1. The van der Waals surface area contributed by atoms with Crippen molar-refractivity contribution in [3.63, 3.8) is 0 Å². The van der Waals surface area contributed by atoms with Gasteiger partial charge in [-0.25, -0.2) is 9.97 Å². The van der Waals surface area contributed by atoms with Gasteiger partial charge in [0, 0.05) is 49.3 Å². The lowest BCUT2D eigenvalue weighted by molar-refractivity contribution is -0.140. The SMILES string of the molecule is Cc1nc(-c2cccnc2C(C)C)c2n1CCN(c1ccc(-c3nc(C(F)(F)F)cn3C)cc1)[C@H]2C. The van der Waals surface area contributed by atoms with Crippen molar-refractivity contribution in [2.45, 2.75) is 52.4 Å². The first-order valence-electron chi connectivity index (χ1n) is 12.1. The summed E-state index contributed by atoms with van der Waals surface area (Å²) in [6.45, 7) is 10.1. The summed E-state index contributed by atoms with van der Waals surface area (Å²) >= 11 is 0. The summed E-state index contributed by atoms with van der Waals surface area (Å²) in [5.74, 6) is 1.54. The second-order valence-electron chi connectivity index (χ2n) is 9.61. The summed E-state index contributed by atoms with van der Waals surface area (Å²) in [4.78, 5) is 15.7. The van der Waals surface area contributed by atoms with Gasteiger partial charge in [0.2, 0.25) is 0 Å². The van der Waals surface area contributed by atoms with Crippen molar-refractivity contribution < 1.29 is 13.2 Å². The molecule has 9 heteroatoms. The van der Waals surface area contributed by atoms with E-state index in [2.05, 4.69) is 46.3 Å². The lowest BCUT2D eigenvalue weighted by Crippen LogP contribution is -2.37. The Labute approximate surface area is 208 Å². The van der Waals surface area contributed by atoms with E-state index in [4.69, 9.17) is 4.98 Å². The van der Waals surface area contributed by atoms with Gasteiger partial charge in [0.1, 0.15) is 11.6 Å². The number of aryl methyl sites for hydroxylation is 2. The zero-order valence-corrected chi connectivity index (χ0v) is 21.0. The van der Waals surface area contributed by atoms with Gasteiger partial charge < -0.3 is 14.0 Å². The van der Waals surface area contributed by atoms with Crippen LogP contribution in [0.3, 0.4) is 0 Å². The molecule has 6 nitrogen and oxygen atoms in total. The first-order chi connectivity index (χ1) is 17.1. The van der Waals surface area contributed by atoms with Gasteiger partial charge in [-0.15, -0.1) is 0 Å². The number of benzene rings is 1. The Morgan fingerprint density at radius 1 is 1.03 bits per heavy atom. The molecular formula is C27H29F3N6. The van der Waals surface area contributed by atoms with E-state index >= 15 is 0 Å². The largest absolute Gasteiger partial charge is 0.434 e. The molecular weight excluding hydrogens is 465 g/mol. The van der Waals surface area contributed by atoms with Crippen molar-refractivity contribution in [2.24, 2.45) is 7.05 Å². The Kier molecular flexibility index (Phi) is 5.89. The highest BCUT2D eigenvalue weighted by molar-refractivity contribution is 5.68. The summed E-state index contributed by atoms with van der Waals surface area (Å²) < 4.78 is 43.0. The van der Waals surface area contributed by atoms with E-state index in [0.29, 0.717) is 5.56 Å². The van der Waals surface area contributed by atoms with Crippen molar-refractivity contribution in [3.8, 4) is 22.6 Å². The lowest BCUT2D eigenvalue weighted by Gasteiger charge is -2.37. The molecule has 1 atom stereocenters. The highest BCUT2D eigenvalue weighted by Gasteiger charge is 2.35. The predicted molar refractivity (Wildman–Crippen MR) is 134 cm³/mol. The van der Waals surface area contributed by atoms with Crippen LogP contribution in [-0.2, 0) is 19.8 Å².